The molecule has 3 aromatic rings. The number of likely N-dealkylation sites (tertiary alicyclic amines) is 1. The summed E-state index contributed by atoms with van der Waals surface area (Å²) in [5, 5.41) is 5.16. The van der Waals surface area contributed by atoms with E-state index in [1.54, 1.807) is 11.8 Å². The second-order valence-electron chi connectivity index (χ2n) is 6.52. The largest absolute Gasteiger partial charge is 0.497 e. The number of furan rings is 1. The van der Waals surface area contributed by atoms with Gasteiger partial charge in [-0.2, -0.15) is 5.10 Å². The van der Waals surface area contributed by atoms with Crippen LogP contribution in [-0.2, 0) is 7.05 Å². The van der Waals surface area contributed by atoms with Crippen molar-refractivity contribution in [3.05, 3.63) is 47.5 Å². The summed E-state index contributed by atoms with van der Waals surface area (Å²) in [6.07, 6.45) is 5.75. The van der Waals surface area contributed by atoms with Crippen LogP contribution >= 0.6 is 0 Å². The Bertz CT molecular complexity index is 941. The first-order valence-electron chi connectivity index (χ1n) is 8.45. The summed E-state index contributed by atoms with van der Waals surface area (Å²) in [5.41, 5.74) is 2.64. The van der Waals surface area contributed by atoms with E-state index in [-0.39, 0.29) is 11.9 Å². The average molecular weight is 339 g/mol. The Morgan fingerprint density at radius 3 is 2.96 bits per heavy atom. The van der Waals surface area contributed by atoms with Crippen LogP contribution in [0.25, 0.3) is 11.0 Å². The molecule has 1 aliphatic heterocycles. The Balaban J connectivity index is 1.70. The number of rotatable bonds is 3. The molecule has 0 radical (unpaired) electrons. The number of carbonyl (C=O) groups is 1. The van der Waals surface area contributed by atoms with Gasteiger partial charge in [0.05, 0.1) is 19.3 Å². The highest BCUT2D eigenvalue weighted by Gasteiger charge is 2.34. The number of fused-ring (bicyclic) bond motifs is 1. The van der Waals surface area contributed by atoms with Crippen LogP contribution in [-0.4, -0.2) is 34.2 Å². The lowest BCUT2D eigenvalue weighted by atomic mass is 10.1. The van der Waals surface area contributed by atoms with Crippen LogP contribution in [0.2, 0.25) is 0 Å². The lowest BCUT2D eigenvalue weighted by Gasteiger charge is -2.23. The Morgan fingerprint density at radius 2 is 2.24 bits per heavy atom. The van der Waals surface area contributed by atoms with E-state index >= 15 is 0 Å². The van der Waals surface area contributed by atoms with Gasteiger partial charge < -0.3 is 14.1 Å². The molecule has 25 heavy (non-hydrogen) atoms. The van der Waals surface area contributed by atoms with E-state index in [0.717, 1.165) is 41.6 Å². The molecule has 130 valence electrons. The summed E-state index contributed by atoms with van der Waals surface area (Å²) in [7, 11) is 3.52. The van der Waals surface area contributed by atoms with E-state index < -0.39 is 0 Å². The smallest absolute Gasteiger partial charge is 0.290 e. The van der Waals surface area contributed by atoms with Crippen molar-refractivity contribution < 1.29 is 13.9 Å². The van der Waals surface area contributed by atoms with Gasteiger partial charge in [-0.25, -0.2) is 0 Å². The summed E-state index contributed by atoms with van der Waals surface area (Å²) < 4.78 is 12.9. The molecular weight excluding hydrogens is 318 g/mol. The number of benzene rings is 1. The van der Waals surface area contributed by atoms with Gasteiger partial charge >= 0.3 is 0 Å². The van der Waals surface area contributed by atoms with E-state index in [2.05, 4.69) is 5.10 Å². The summed E-state index contributed by atoms with van der Waals surface area (Å²) in [5.74, 6) is 1.11. The van der Waals surface area contributed by atoms with Crippen molar-refractivity contribution in [2.75, 3.05) is 13.7 Å². The Labute approximate surface area is 146 Å². The molecule has 1 amide bonds. The van der Waals surface area contributed by atoms with Crippen LogP contribution in [0, 0.1) is 6.92 Å². The number of hydrogen-bond acceptors (Lipinski definition) is 4. The maximum atomic E-state index is 13.2. The highest BCUT2D eigenvalue weighted by molar-refractivity contribution is 5.99. The molecule has 0 N–H and O–H groups in total. The van der Waals surface area contributed by atoms with Gasteiger partial charge in [-0.05, 0) is 38.0 Å². The minimum Gasteiger partial charge on any atom is -0.497 e. The number of aromatic nitrogens is 2. The first kappa shape index (κ1) is 15.7. The zero-order valence-corrected chi connectivity index (χ0v) is 14.7. The van der Waals surface area contributed by atoms with Crippen LogP contribution in [0.3, 0.4) is 0 Å². The average Bonchev–Trinajstić information content (AvgIpc) is 3.33. The van der Waals surface area contributed by atoms with Crippen LogP contribution in [0.5, 0.6) is 5.75 Å². The molecule has 0 aliphatic carbocycles. The van der Waals surface area contributed by atoms with Crippen molar-refractivity contribution in [1.82, 2.24) is 14.7 Å². The zero-order valence-electron chi connectivity index (χ0n) is 14.7. The third-order valence-electron chi connectivity index (χ3n) is 4.96. The topological polar surface area (TPSA) is 60.5 Å². The van der Waals surface area contributed by atoms with Gasteiger partial charge in [-0.3, -0.25) is 9.48 Å². The van der Waals surface area contributed by atoms with E-state index in [0.29, 0.717) is 11.3 Å². The van der Waals surface area contributed by atoms with Crippen LogP contribution in [0.1, 0.15) is 40.6 Å². The Kier molecular flexibility index (Phi) is 3.75. The number of ether oxygens (including phenoxy) is 1. The third-order valence-corrected chi connectivity index (χ3v) is 4.96. The van der Waals surface area contributed by atoms with E-state index in [9.17, 15) is 4.79 Å². The molecule has 3 heterocycles. The normalized spacial score (nSPS) is 17.4. The standard InChI is InChI=1S/C19H21N3O3/c1-12-15-9-14(24-3)6-7-17(15)25-18(12)19(23)22-8-4-5-16(22)13-10-20-21(2)11-13/h6-7,9-11,16H,4-5,8H2,1-3H3/t16-/m1/s1. The third kappa shape index (κ3) is 2.58. The van der Waals surface area contributed by atoms with E-state index in [1.165, 1.54) is 0 Å². The number of amides is 1. The predicted octanol–water partition coefficient (Wildman–Crippen LogP) is 3.46. The van der Waals surface area contributed by atoms with Crippen molar-refractivity contribution in [2.24, 2.45) is 7.05 Å². The molecule has 6 heteroatoms. The van der Waals surface area contributed by atoms with Crippen LogP contribution < -0.4 is 4.74 Å². The molecular formula is C19H21N3O3. The zero-order chi connectivity index (χ0) is 17.6. The second-order valence-corrected chi connectivity index (χ2v) is 6.52. The molecule has 0 unspecified atom stereocenters. The van der Waals surface area contributed by atoms with E-state index in [4.69, 9.17) is 9.15 Å². The highest BCUT2D eigenvalue weighted by Crippen LogP contribution is 2.35. The molecule has 0 bridgehead atoms. The van der Waals surface area contributed by atoms with Gasteiger partial charge in [-0.1, -0.05) is 0 Å². The number of hydrogen-bond donors (Lipinski definition) is 0. The molecule has 4 rings (SSSR count). The molecule has 1 saturated heterocycles. The fourth-order valence-electron chi connectivity index (χ4n) is 3.63. The van der Waals surface area contributed by atoms with Gasteiger partial charge in [0, 0.05) is 36.3 Å². The molecule has 0 spiro atoms. The maximum absolute atomic E-state index is 13.2. The van der Waals surface area contributed by atoms with Gasteiger partial charge in [0.15, 0.2) is 5.76 Å². The quantitative estimate of drug-likeness (QED) is 0.733. The highest BCUT2D eigenvalue weighted by atomic mass is 16.5. The van der Waals surface area contributed by atoms with Crippen molar-refractivity contribution in [3.8, 4) is 5.75 Å². The summed E-state index contributed by atoms with van der Waals surface area (Å²) in [4.78, 5) is 15.1. The fourth-order valence-corrected chi connectivity index (χ4v) is 3.63. The summed E-state index contributed by atoms with van der Waals surface area (Å²) >= 11 is 0. The van der Waals surface area contributed by atoms with E-state index in [1.807, 2.05) is 49.5 Å². The van der Waals surface area contributed by atoms with Crippen LogP contribution in [0.4, 0.5) is 0 Å². The first-order valence-corrected chi connectivity index (χ1v) is 8.45. The Morgan fingerprint density at radius 1 is 1.40 bits per heavy atom. The monoisotopic (exact) mass is 339 g/mol. The van der Waals surface area contributed by atoms with Gasteiger partial charge in [0.1, 0.15) is 11.3 Å². The number of aryl methyl sites for hydroxylation is 2. The number of methoxy groups -OCH3 is 1. The molecule has 1 atom stereocenters. The van der Waals surface area contributed by atoms with Gasteiger partial charge in [0.2, 0.25) is 0 Å². The van der Waals surface area contributed by atoms with Crippen molar-refractivity contribution in [1.29, 1.82) is 0 Å². The lowest BCUT2D eigenvalue weighted by Crippen LogP contribution is -2.30. The molecule has 0 saturated carbocycles. The van der Waals surface area contributed by atoms with Gasteiger partial charge in [-0.15, -0.1) is 0 Å². The van der Waals surface area contributed by atoms with Crippen molar-refractivity contribution >= 4 is 16.9 Å². The first-order chi connectivity index (χ1) is 12.1. The summed E-state index contributed by atoms with van der Waals surface area (Å²) in [6.45, 7) is 2.66. The molecule has 6 nitrogen and oxygen atoms in total. The Hall–Kier alpha value is -2.76. The minimum absolute atomic E-state index is 0.0565. The lowest BCUT2D eigenvalue weighted by molar-refractivity contribution is 0.0704. The fraction of sp³-hybridized carbons (Fsp3) is 0.368. The molecule has 1 aliphatic rings. The van der Waals surface area contributed by atoms with Crippen molar-refractivity contribution in [2.45, 2.75) is 25.8 Å². The predicted molar refractivity (Wildman–Crippen MR) is 93.7 cm³/mol. The van der Waals surface area contributed by atoms with Gasteiger partial charge in [0.25, 0.3) is 5.91 Å². The number of carbonyl (C=O) groups excluding carboxylic acids is 1. The van der Waals surface area contributed by atoms with Crippen molar-refractivity contribution in [3.63, 3.8) is 0 Å². The van der Waals surface area contributed by atoms with Crippen LogP contribution in [0.15, 0.2) is 35.0 Å². The molecule has 1 aromatic carbocycles. The SMILES string of the molecule is COc1ccc2oc(C(=O)N3CCC[C@@H]3c3cnn(C)c3)c(C)c2c1. The minimum atomic E-state index is -0.0565. The summed E-state index contributed by atoms with van der Waals surface area (Å²) in [6, 6.07) is 5.66. The number of nitrogens with zero attached hydrogens (tertiary/aromatic N) is 3. The maximum Gasteiger partial charge on any atom is 0.290 e. The molecule has 1 fully saturated rings. The second kappa shape index (κ2) is 5.95. The molecule has 2 aromatic heterocycles.